The number of amides is 1. The van der Waals surface area contributed by atoms with E-state index in [-0.39, 0.29) is 36.1 Å². The molecule has 3 rings (SSSR count). The van der Waals surface area contributed by atoms with Crippen LogP contribution in [-0.2, 0) is 16.1 Å². The van der Waals surface area contributed by atoms with Crippen LogP contribution in [0.3, 0.4) is 0 Å². The normalized spacial score (nSPS) is 11.6. The highest BCUT2D eigenvalue weighted by molar-refractivity contribution is 5.95. The summed E-state index contributed by atoms with van der Waals surface area (Å²) in [7, 11) is 0. The third-order valence-electron chi connectivity index (χ3n) is 4.22. The molecule has 8 N–H and O–H groups in total. The lowest BCUT2D eigenvalue weighted by Crippen LogP contribution is -2.41. The number of pyridine rings is 1. The maximum absolute atomic E-state index is 12.2. The number of carbonyl (C=O) groups is 3. The van der Waals surface area contributed by atoms with E-state index in [4.69, 9.17) is 21.7 Å². The maximum Gasteiger partial charge on any atom is 0.326 e. The fraction of sp³-hybridized carbons (Fsp3) is 0.222. The number of hydrogen-bond acceptors (Lipinski definition) is 11. The molecule has 0 aliphatic carbocycles. The van der Waals surface area contributed by atoms with Crippen molar-refractivity contribution < 1.29 is 24.6 Å². The molecule has 3 aromatic rings. The first kappa shape index (κ1) is 22.1. The minimum atomic E-state index is -1.34. The van der Waals surface area contributed by atoms with Gasteiger partial charge in [0.05, 0.1) is 30.3 Å². The molecule has 0 bridgehead atoms. The average molecular weight is 441 g/mol. The number of nitrogens with zero attached hydrogens (tertiary/aromatic N) is 5. The molecule has 0 spiro atoms. The zero-order chi connectivity index (χ0) is 23.3. The minimum absolute atomic E-state index is 0.00179. The summed E-state index contributed by atoms with van der Waals surface area (Å²) in [4.78, 5) is 54.3. The molecule has 0 radical (unpaired) electrons. The van der Waals surface area contributed by atoms with Gasteiger partial charge in [0.1, 0.15) is 11.7 Å². The third-order valence-corrected chi connectivity index (χ3v) is 4.22. The van der Waals surface area contributed by atoms with Gasteiger partial charge < -0.3 is 32.3 Å². The van der Waals surface area contributed by atoms with Gasteiger partial charge in [0.15, 0.2) is 17.0 Å². The Labute approximate surface area is 180 Å². The van der Waals surface area contributed by atoms with Gasteiger partial charge in [-0.1, -0.05) is 0 Å². The topological polar surface area (TPSA) is 232 Å². The summed E-state index contributed by atoms with van der Waals surface area (Å²) in [5.74, 6) is -3.11. The summed E-state index contributed by atoms with van der Waals surface area (Å²) in [6.45, 7) is 0.260. The van der Waals surface area contributed by atoms with E-state index in [1.54, 1.807) is 6.07 Å². The number of carbonyl (C=O) groups excluding carboxylic acids is 1. The molecule has 166 valence electrons. The zero-order valence-electron chi connectivity index (χ0n) is 16.5. The van der Waals surface area contributed by atoms with Gasteiger partial charge in [0, 0.05) is 6.42 Å². The van der Waals surface area contributed by atoms with Crippen molar-refractivity contribution >= 4 is 46.5 Å². The van der Waals surface area contributed by atoms with Crippen LogP contribution < -0.4 is 22.1 Å². The van der Waals surface area contributed by atoms with Crippen molar-refractivity contribution in [2.24, 2.45) is 0 Å². The second-order valence-corrected chi connectivity index (χ2v) is 6.58. The monoisotopic (exact) mass is 441 g/mol. The van der Waals surface area contributed by atoms with Crippen molar-refractivity contribution in [3.63, 3.8) is 0 Å². The van der Waals surface area contributed by atoms with Crippen molar-refractivity contribution in [2.45, 2.75) is 25.4 Å². The largest absolute Gasteiger partial charge is 0.481 e. The fourth-order valence-corrected chi connectivity index (χ4v) is 2.65. The van der Waals surface area contributed by atoms with Gasteiger partial charge in [0.2, 0.25) is 5.95 Å². The SMILES string of the molecule is Nc1nc(N)c2nc(CNc3ccc(C(=O)N[C@@H](CCC(=O)O)C(=O)O)nc3)cnc2n1. The lowest BCUT2D eigenvalue weighted by Gasteiger charge is -2.13. The summed E-state index contributed by atoms with van der Waals surface area (Å²) in [5.41, 5.74) is 13.0. The standard InChI is InChI=1S/C18H19N9O5/c19-14-13-15(27-18(20)26-14)23-7-9(24-13)6-21-8-1-2-10(22-5-8)16(30)25-11(17(31)32)3-4-12(28)29/h1-2,5,7,11,21H,3-4,6H2,(H,25,30)(H,28,29)(H,31,32)(H4,19,20,23,26,27)/t11-/m0/s1. The highest BCUT2D eigenvalue weighted by Crippen LogP contribution is 2.15. The first-order valence-corrected chi connectivity index (χ1v) is 9.23. The summed E-state index contributed by atoms with van der Waals surface area (Å²) < 4.78 is 0. The van der Waals surface area contributed by atoms with Crippen LogP contribution in [0.25, 0.3) is 11.2 Å². The highest BCUT2D eigenvalue weighted by atomic mass is 16.4. The third kappa shape index (κ3) is 5.50. The number of hydrogen-bond donors (Lipinski definition) is 6. The van der Waals surface area contributed by atoms with Crippen molar-refractivity contribution in [1.29, 1.82) is 0 Å². The van der Waals surface area contributed by atoms with E-state index >= 15 is 0 Å². The lowest BCUT2D eigenvalue weighted by molar-refractivity contribution is -0.140. The summed E-state index contributed by atoms with van der Waals surface area (Å²) >= 11 is 0. The Bertz CT molecular complexity index is 1170. The molecule has 3 aromatic heterocycles. The maximum atomic E-state index is 12.2. The molecule has 0 fully saturated rings. The number of anilines is 3. The molecule has 32 heavy (non-hydrogen) atoms. The number of fused-ring (bicyclic) bond motifs is 1. The molecular formula is C18H19N9O5. The van der Waals surface area contributed by atoms with Gasteiger partial charge >= 0.3 is 11.9 Å². The number of nitrogen functional groups attached to an aromatic ring is 2. The Hall–Kier alpha value is -4.62. The van der Waals surface area contributed by atoms with Gasteiger partial charge in [-0.25, -0.2) is 19.7 Å². The molecule has 0 saturated carbocycles. The molecule has 0 saturated heterocycles. The van der Waals surface area contributed by atoms with Gasteiger partial charge in [-0.15, -0.1) is 0 Å². The van der Waals surface area contributed by atoms with Crippen molar-refractivity contribution in [2.75, 3.05) is 16.8 Å². The first-order chi connectivity index (χ1) is 15.2. The minimum Gasteiger partial charge on any atom is -0.481 e. The van der Waals surface area contributed by atoms with Crippen LogP contribution in [0.4, 0.5) is 17.5 Å². The Morgan fingerprint density at radius 1 is 1.03 bits per heavy atom. The molecule has 0 aliphatic rings. The Morgan fingerprint density at radius 2 is 1.81 bits per heavy atom. The number of nitrogens with two attached hydrogens (primary N) is 2. The van der Waals surface area contributed by atoms with Crippen LogP contribution in [-0.4, -0.2) is 59.0 Å². The van der Waals surface area contributed by atoms with Gasteiger partial charge in [-0.3, -0.25) is 9.59 Å². The van der Waals surface area contributed by atoms with Crippen LogP contribution in [0, 0.1) is 0 Å². The average Bonchev–Trinajstić information content (AvgIpc) is 2.75. The summed E-state index contributed by atoms with van der Waals surface area (Å²) in [5, 5.41) is 23.1. The Balaban J connectivity index is 1.62. The van der Waals surface area contributed by atoms with Gasteiger partial charge in [-0.2, -0.15) is 9.97 Å². The molecular weight excluding hydrogens is 422 g/mol. The van der Waals surface area contributed by atoms with Gasteiger partial charge in [0.25, 0.3) is 5.91 Å². The smallest absolute Gasteiger partial charge is 0.326 e. The molecule has 14 heteroatoms. The van der Waals surface area contributed by atoms with Crippen LogP contribution in [0.15, 0.2) is 24.5 Å². The number of aromatic nitrogens is 5. The van der Waals surface area contributed by atoms with Crippen LogP contribution >= 0.6 is 0 Å². The molecule has 0 unspecified atom stereocenters. The predicted molar refractivity (Wildman–Crippen MR) is 111 cm³/mol. The molecule has 0 aliphatic heterocycles. The Kier molecular flexibility index (Phi) is 6.53. The first-order valence-electron chi connectivity index (χ1n) is 9.23. The molecule has 1 atom stereocenters. The number of rotatable bonds is 9. The van der Waals surface area contributed by atoms with Gasteiger partial charge in [-0.05, 0) is 18.6 Å². The van der Waals surface area contributed by atoms with Crippen molar-refractivity contribution in [3.8, 4) is 0 Å². The van der Waals surface area contributed by atoms with E-state index in [1.807, 2.05) is 0 Å². The molecule has 1 amide bonds. The van der Waals surface area contributed by atoms with E-state index in [9.17, 15) is 14.4 Å². The van der Waals surface area contributed by atoms with Crippen molar-refractivity contribution in [3.05, 3.63) is 35.9 Å². The van der Waals surface area contributed by atoms with E-state index in [0.29, 0.717) is 16.9 Å². The second kappa shape index (κ2) is 9.46. The van der Waals surface area contributed by atoms with E-state index in [1.165, 1.54) is 18.5 Å². The number of carboxylic acid groups (broad SMARTS) is 2. The lowest BCUT2D eigenvalue weighted by atomic mass is 10.1. The van der Waals surface area contributed by atoms with Crippen molar-refractivity contribution in [1.82, 2.24) is 30.2 Å². The molecule has 14 nitrogen and oxygen atoms in total. The van der Waals surface area contributed by atoms with E-state index in [0.717, 1.165) is 0 Å². The fourth-order valence-electron chi connectivity index (χ4n) is 2.65. The summed E-state index contributed by atoms with van der Waals surface area (Å²) in [6.07, 6.45) is 2.25. The summed E-state index contributed by atoms with van der Waals surface area (Å²) in [6, 6.07) is 1.63. The number of carboxylic acids is 2. The number of aliphatic carboxylic acids is 2. The van der Waals surface area contributed by atoms with Crippen LogP contribution in [0.5, 0.6) is 0 Å². The number of nitrogens with one attached hydrogen (secondary N) is 2. The van der Waals surface area contributed by atoms with E-state index in [2.05, 4.69) is 35.6 Å². The molecule has 3 heterocycles. The van der Waals surface area contributed by atoms with Crippen LogP contribution in [0.1, 0.15) is 29.0 Å². The predicted octanol–water partition coefficient (Wildman–Crippen LogP) is -0.361. The molecule has 0 aromatic carbocycles. The highest BCUT2D eigenvalue weighted by Gasteiger charge is 2.22. The van der Waals surface area contributed by atoms with E-state index < -0.39 is 30.3 Å². The Morgan fingerprint density at radius 3 is 2.47 bits per heavy atom. The van der Waals surface area contributed by atoms with Crippen LogP contribution in [0.2, 0.25) is 0 Å². The zero-order valence-corrected chi connectivity index (χ0v) is 16.5. The second-order valence-electron chi connectivity index (χ2n) is 6.58. The quantitative estimate of drug-likeness (QED) is 0.249.